The number of carbonyl (C=O) groups excluding carboxylic acids is 2. The van der Waals surface area contributed by atoms with E-state index in [0.717, 1.165) is 45.1 Å². The quantitative estimate of drug-likeness (QED) is 0.782. The summed E-state index contributed by atoms with van der Waals surface area (Å²) in [4.78, 5) is 29.3. The molecule has 5 nitrogen and oxygen atoms in total. The van der Waals surface area contributed by atoms with Gasteiger partial charge in [0.25, 0.3) is 0 Å². The summed E-state index contributed by atoms with van der Waals surface area (Å²) in [5.74, 6) is 0.473. The minimum absolute atomic E-state index is 0.111. The van der Waals surface area contributed by atoms with E-state index in [1.807, 2.05) is 16.7 Å². The number of hydrogen-bond acceptors (Lipinski definition) is 3. The highest BCUT2D eigenvalue weighted by Crippen LogP contribution is 2.34. The zero-order chi connectivity index (χ0) is 15.6. The molecule has 0 N–H and O–H groups in total. The molecule has 2 saturated heterocycles. The molecule has 0 unspecified atom stereocenters. The van der Waals surface area contributed by atoms with Gasteiger partial charge in [0.1, 0.15) is 0 Å². The van der Waals surface area contributed by atoms with Gasteiger partial charge >= 0.3 is 0 Å². The van der Waals surface area contributed by atoms with Crippen molar-refractivity contribution in [1.29, 1.82) is 0 Å². The zero-order valence-corrected chi connectivity index (χ0v) is 13.7. The van der Waals surface area contributed by atoms with Crippen molar-refractivity contribution in [1.82, 2.24) is 9.80 Å². The number of rotatable bonds is 2. The Kier molecular flexibility index (Phi) is 4.71. The van der Waals surface area contributed by atoms with Crippen LogP contribution in [-0.4, -0.2) is 60.0 Å². The van der Waals surface area contributed by atoms with Crippen LogP contribution in [0.25, 0.3) is 0 Å². The van der Waals surface area contributed by atoms with Gasteiger partial charge in [0.05, 0.1) is 12.1 Å². The summed E-state index contributed by atoms with van der Waals surface area (Å²) < 4.78 is 5.50. The van der Waals surface area contributed by atoms with E-state index in [1.165, 1.54) is 6.42 Å². The van der Waals surface area contributed by atoms with Crippen molar-refractivity contribution >= 4 is 11.8 Å². The van der Waals surface area contributed by atoms with Gasteiger partial charge in [-0.2, -0.15) is 0 Å². The first-order chi connectivity index (χ1) is 10.7. The van der Waals surface area contributed by atoms with Gasteiger partial charge in [-0.15, -0.1) is 0 Å². The molecule has 3 rings (SSSR count). The van der Waals surface area contributed by atoms with Gasteiger partial charge in [0.15, 0.2) is 0 Å². The first-order valence-corrected chi connectivity index (χ1v) is 8.83. The SMILES string of the molecule is CCN1C(=O)CN(C(=O)C2CCCCC2)CC12CCOCC2. The van der Waals surface area contributed by atoms with Crippen molar-refractivity contribution in [3.05, 3.63) is 0 Å². The fourth-order valence-electron chi connectivity index (χ4n) is 4.46. The molecule has 2 heterocycles. The number of likely N-dealkylation sites (N-methyl/N-ethyl adjacent to an activating group) is 1. The molecule has 0 aromatic rings. The first-order valence-electron chi connectivity index (χ1n) is 8.83. The largest absolute Gasteiger partial charge is 0.381 e. The Morgan fingerprint density at radius 1 is 1.23 bits per heavy atom. The third-order valence-electron chi connectivity index (χ3n) is 5.69. The number of amides is 2. The third-order valence-corrected chi connectivity index (χ3v) is 5.69. The topological polar surface area (TPSA) is 49.9 Å². The van der Waals surface area contributed by atoms with E-state index in [1.54, 1.807) is 0 Å². The molecule has 0 radical (unpaired) electrons. The van der Waals surface area contributed by atoms with Gasteiger partial charge < -0.3 is 14.5 Å². The van der Waals surface area contributed by atoms with Gasteiger partial charge in [-0.25, -0.2) is 0 Å². The number of piperazine rings is 1. The standard InChI is InChI=1S/C17H28N2O3/c1-2-19-15(20)12-18(13-17(19)8-10-22-11-9-17)16(21)14-6-4-3-5-7-14/h14H,2-13H2,1H3. The smallest absolute Gasteiger partial charge is 0.242 e. The highest BCUT2D eigenvalue weighted by atomic mass is 16.5. The summed E-state index contributed by atoms with van der Waals surface area (Å²) in [5, 5.41) is 0. The van der Waals surface area contributed by atoms with Gasteiger partial charge in [-0.05, 0) is 32.6 Å². The number of carbonyl (C=O) groups is 2. The predicted octanol–water partition coefficient (Wildman–Crippen LogP) is 1.81. The van der Waals surface area contributed by atoms with Gasteiger partial charge in [0, 0.05) is 32.2 Å². The highest BCUT2D eigenvalue weighted by Gasteiger charge is 2.47. The van der Waals surface area contributed by atoms with E-state index < -0.39 is 0 Å². The van der Waals surface area contributed by atoms with Crippen LogP contribution in [0.15, 0.2) is 0 Å². The molecule has 3 aliphatic rings. The van der Waals surface area contributed by atoms with Crippen molar-refractivity contribution in [3.8, 4) is 0 Å². The van der Waals surface area contributed by atoms with E-state index in [-0.39, 0.29) is 29.8 Å². The van der Waals surface area contributed by atoms with E-state index in [4.69, 9.17) is 4.74 Å². The molecular weight excluding hydrogens is 280 g/mol. The van der Waals surface area contributed by atoms with Crippen molar-refractivity contribution < 1.29 is 14.3 Å². The minimum Gasteiger partial charge on any atom is -0.381 e. The summed E-state index contributed by atoms with van der Waals surface area (Å²) in [6.45, 7) is 5.11. The van der Waals surface area contributed by atoms with Gasteiger partial charge in [0.2, 0.25) is 11.8 Å². The van der Waals surface area contributed by atoms with Gasteiger partial charge in [-0.3, -0.25) is 9.59 Å². The average Bonchev–Trinajstić information content (AvgIpc) is 2.55. The van der Waals surface area contributed by atoms with E-state index in [2.05, 4.69) is 0 Å². The van der Waals surface area contributed by atoms with Crippen LogP contribution in [0.2, 0.25) is 0 Å². The van der Waals surface area contributed by atoms with Crippen LogP contribution in [0.4, 0.5) is 0 Å². The second kappa shape index (κ2) is 6.57. The second-order valence-corrected chi connectivity index (χ2v) is 7.00. The van der Waals surface area contributed by atoms with Crippen LogP contribution in [0.5, 0.6) is 0 Å². The summed E-state index contributed by atoms with van der Waals surface area (Å²) in [7, 11) is 0. The van der Waals surface area contributed by atoms with Crippen LogP contribution in [0, 0.1) is 5.92 Å². The lowest BCUT2D eigenvalue weighted by molar-refractivity contribution is -0.162. The molecule has 1 spiro atoms. The molecule has 0 atom stereocenters. The Hall–Kier alpha value is -1.10. The lowest BCUT2D eigenvalue weighted by Gasteiger charge is -2.52. The second-order valence-electron chi connectivity index (χ2n) is 7.00. The molecule has 0 bridgehead atoms. The van der Waals surface area contributed by atoms with Crippen LogP contribution in [0.1, 0.15) is 51.9 Å². The van der Waals surface area contributed by atoms with Crippen LogP contribution in [0.3, 0.4) is 0 Å². The number of nitrogens with zero attached hydrogens (tertiary/aromatic N) is 2. The maximum atomic E-state index is 12.8. The molecule has 22 heavy (non-hydrogen) atoms. The Bertz CT molecular complexity index is 426. The van der Waals surface area contributed by atoms with Crippen LogP contribution < -0.4 is 0 Å². The predicted molar refractivity (Wildman–Crippen MR) is 83.3 cm³/mol. The molecule has 0 aromatic heterocycles. The maximum absolute atomic E-state index is 12.8. The van der Waals surface area contributed by atoms with Crippen molar-refractivity contribution in [2.24, 2.45) is 5.92 Å². The number of hydrogen-bond donors (Lipinski definition) is 0. The molecule has 1 aliphatic carbocycles. The van der Waals surface area contributed by atoms with Crippen LogP contribution in [-0.2, 0) is 14.3 Å². The van der Waals surface area contributed by atoms with Crippen LogP contribution >= 0.6 is 0 Å². The van der Waals surface area contributed by atoms with E-state index >= 15 is 0 Å². The first kappa shape index (κ1) is 15.8. The fraction of sp³-hybridized carbons (Fsp3) is 0.882. The van der Waals surface area contributed by atoms with Gasteiger partial charge in [-0.1, -0.05) is 19.3 Å². The zero-order valence-electron chi connectivity index (χ0n) is 13.7. The Labute approximate surface area is 133 Å². The molecule has 0 aromatic carbocycles. The monoisotopic (exact) mass is 308 g/mol. The summed E-state index contributed by atoms with van der Waals surface area (Å²) >= 11 is 0. The number of ether oxygens (including phenoxy) is 1. The Morgan fingerprint density at radius 2 is 1.91 bits per heavy atom. The Morgan fingerprint density at radius 3 is 2.55 bits per heavy atom. The molecule has 124 valence electrons. The molecule has 1 saturated carbocycles. The maximum Gasteiger partial charge on any atom is 0.242 e. The van der Waals surface area contributed by atoms with Crippen molar-refractivity contribution in [2.45, 2.75) is 57.4 Å². The van der Waals surface area contributed by atoms with E-state index in [0.29, 0.717) is 19.8 Å². The van der Waals surface area contributed by atoms with Crippen molar-refractivity contribution in [3.63, 3.8) is 0 Å². The summed E-state index contributed by atoms with van der Waals surface area (Å²) in [6, 6.07) is 0. The average molecular weight is 308 g/mol. The summed E-state index contributed by atoms with van der Waals surface area (Å²) in [5.41, 5.74) is -0.188. The lowest BCUT2D eigenvalue weighted by Crippen LogP contribution is -2.67. The van der Waals surface area contributed by atoms with E-state index in [9.17, 15) is 9.59 Å². The normalized spacial score (nSPS) is 26.5. The fourth-order valence-corrected chi connectivity index (χ4v) is 4.46. The Balaban J connectivity index is 1.76. The third kappa shape index (κ3) is 2.87. The lowest BCUT2D eigenvalue weighted by atomic mass is 9.83. The molecule has 3 fully saturated rings. The summed E-state index contributed by atoms with van der Waals surface area (Å²) in [6.07, 6.45) is 7.24. The highest BCUT2D eigenvalue weighted by molar-refractivity contribution is 5.88. The molecular formula is C17H28N2O3. The van der Waals surface area contributed by atoms with Crippen molar-refractivity contribution in [2.75, 3.05) is 32.8 Å². The molecule has 2 aliphatic heterocycles. The molecule has 5 heteroatoms. The minimum atomic E-state index is -0.188. The molecule has 2 amide bonds.